The Morgan fingerprint density at radius 2 is 2.19 bits per heavy atom. The van der Waals surface area contributed by atoms with E-state index in [2.05, 4.69) is 36.5 Å². The fraction of sp³-hybridized carbons (Fsp3) is 0.435. The lowest BCUT2D eigenvalue weighted by Gasteiger charge is -2.19. The Bertz CT molecular complexity index is 1240. The van der Waals surface area contributed by atoms with Crippen molar-refractivity contribution >= 4 is 11.7 Å². The van der Waals surface area contributed by atoms with Crippen LogP contribution in [-0.4, -0.2) is 43.7 Å². The number of carbonyl (C=O) groups is 1. The molecule has 3 aromatic rings. The molecule has 3 unspecified atom stereocenters. The molecule has 0 spiro atoms. The van der Waals surface area contributed by atoms with Crippen LogP contribution in [-0.2, 0) is 13.0 Å². The highest BCUT2D eigenvalue weighted by Crippen LogP contribution is 2.46. The van der Waals surface area contributed by atoms with Gasteiger partial charge in [-0.3, -0.25) is 9.89 Å². The van der Waals surface area contributed by atoms with Crippen molar-refractivity contribution in [2.45, 2.75) is 38.8 Å². The van der Waals surface area contributed by atoms with Crippen molar-refractivity contribution in [1.82, 2.24) is 30.0 Å². The van der Waals surface area contributed by atoms with Gasteiger partial charge >= 0.3 is 0 Å². The minimum atomic E-state index is -0.219. The summed E-state index contributed by atoms with van der Waals surface area (Å²) in [7, 11) is 0. The predicted molar refractivity (Wildman–Crippen MR) is 116 cm³/mol. The number of nitriles is 1. The Labute approximate surface area is 185 Å². The third-order valence-corrected chi connectivity index (χ3v) is 7.02. The van der Waals surface area contributed by atoms with Crippen molar-refractivity contribution in [2.75, 3.05) is 18.0 Å². The monoisotopic (exact) mass is 428 g/mol. The van der Waals surface area contributed by atoms with Gasteiger partial charge in [0, 0.05) is 30.5 Å². The topological polar surface area (TPSA) is 116 Å². The van der Waals surface area contributed by atoms with Crippen LogP contribution in [0.4, 0.5) is 5.82 Å². The number of hydrogen-bond donors (Lipinski definition) is 2. The van der Waals surface area contributed by atoms with E-state index in [1.54, 1.807) is 12.5 Å². The lowest BCUT2D eigenvalue weighted by Crippen LogP contribution is -2.27. The Morgan fingerprint density at radius 1 is 1.34 bits per heavy atom. The number of anilines is 1. The summed E-state index contributed by atoms with van der Waals surface area (Å²) in [4.78, 5) is 23.9. The van der Waals surface area contributed by atoms with Gasteiger partial charge in [-0.2, -0.15) is 10.4 Å². The molecule has 2 fully saturated rings. The van der Waals surface area contributed by atoms with Crippen molar-refractivity contribution in [1.29, 1.82) is 5.26 Å². The fourth-order valence-corrected chi connectivity index (χ4v) is 5.10. The summed E-state index contributed by atoms with van der Waals surface area (Å²) in [6.07, 6.45) is 6.43. The van der Waals surface area contributed by atoms with Crippen LogP contribution < -0.4 is 10.2 Å². The molecule has 0 aromatic carbocycles. The van der Waals surface area contributed by atoms with E-state index in [0.717, 1.165) is 60.5 Å². The number of H-pyrrole nitrogens is 1. The number of nitrogens with one attached hydrogen (secondary N) is 2. The standard InChI is InChI=1S/C23H24N8O/c1-13-17-3-4-18(22(17)29-28-13)27-23(32)20-11-30(12-25-20)8-14-2-5-21(26-19(14)7-24)31-9-15-6-16(15)10-31/h2,5,11-12,15-16,18H,3-4,6,8-10H2,1H3,(H,27,32)(H,28,29). The minimum absolute atomic E-state index is 0.0915. The van der Waals surface area contributed by atoms with Crippen LogP contribution in [0.25, 0.3) is 0 Å². The molecule has 9 nitrogen and oxygen atoms in total. The first-order valence-corrected chi connectivity index (χ1v) is 11.1. The molecule has 0 bridgehead atoms. The lowest BCUT2D eigenvalue weighted by atomic mass is 10.2. The van der Waals surface area contributed by atoms with Crippen LogP contribution in [0.3, 0.4) is 0 Å². The average molecular weight is 429 g/mol. The minimum Gasteiger partial charge on any atom is -0.356 e. The molecule has 32 heavy (non-hydrogen) atoms. The third kappa shape index (κ3) is 3.23. The van der Waals surface area contributed by atoms with E-state index >= 15 is 0 Å². The lowest BCUT2D eigenvalue weighted by molar-refractivity contribution is 0.0931. The molecule has 4 heterocycles. The molecule has 6 rings (SSSR count). The van der Waals surface area contributed by atoms with Crippen LogP contribution in [0, 0.1) is 30.1 Å². The fourth-order valence-electron chi connectivity index (χ4n) is 5.10. The predicted octanol–water partition coefficient (Wildman–Crippen LogP) is 2.10. The summed E-state index contributed by atoms with van der Waals surface area (Å²) in [5.41, 5.74) is 4.79. The summed E-state index contributed by atoms with van der Waals surface area (Å²) in [5, 5.41) is 20.0. The number of piperidine rings is 1. The van der Waals surface area contributed by atoms with Crippen LogP contribution in [0.1, 0.15) is 57.6 Å². The molecule has 1 amide bonds. The molecule has 1 aliphatic heterocycles. The zero-order chi connectivity index (χ0) is 21.8. The molecule has 3 atom stereocenters. The van der Waals surface area contributed by atoms with Gasteiger partial charge in [-0.1, -0.05) is 6.07 Å². The largest absolute Gasteiger partial charge is 0.356 e. The number of carbonyl (C=O) groups excluding carboxylic acids is 1. The van der Waals surface area contributed by atoms with Gasteiger partial charge in [0.2, 0.25) is 0 Å². The molecule has 0 radical (unpaired) electrons. The summed E-state index contributed by atoms with van der Waals surface area (Å²) in [6, 6.07) is 6.10. The number of nitrogens with zero attached hydrogens (tertiary/aromatic N) is 6. The number of amides is 1. The van der Waals surface area contributed by atoms with Crippen molar-refractivity contribution in [2.24, 2.45) is 11.8 Å². The van der Waals surface area contributed by atoms with E-state index in [9.17, 15) is 10.1 Å². The molecule has 162 valence electrons. The smallest absolute Gasteiger partial charge is 0.272 e. The molecular formula is C23H24N8O. The quantitative estimate of drug-likeness (QED) is 0.643. The number of hydrogen-bond acceptors (Lipinski definition) is 6. The first-order valence-electron chi connectivity index (χ1n) is 11.1. The van der Waals surface area contributed by atoms with E-state index < -0.39 is 0 Å². The molecule has 9 heteroatoms. The highest BCUT2D eigenvalue weighted by atomic mass is 16.2. The van der Waals surface area contributed by atoms with Crippen molar-refractivity contribution in [3.63, 3.8) is 0 Å². The maximum Gasteiger partial charge on any atom is 0.272 e. The normalized spacial score (nSPS) is 23.0. The van der Waals surface area contributed by atoms with Gasteiger partial charge in [0.25, 0.3) is 5.91 Å². The average Bonchev–Trinajstić information content (AvgIpc) is 3.27. The summed E-state index contributed by atoms with van der Waals surface area (Å²) in [6.45, 7) is 4.53. The Kier molecular flexibility index (Phi) is 4.28. The van der Waals surface area contributed by atoms with Crippen molar-refractivity contribution in [3.8, 4) is 6.07 Å². The number of aromatic nitrogens is 5. The second kappa shape index (κ2) is 7.19. The van der Waals surface area contributed by atoms with E-state index in [4.69, 9.17) is 0 Å². The van der Waals surface area contributed by atoms with Crippen molar-refractivity contribution in [3.05, 3.63) is 58.6 Å². The van der Waals surface area contributed by atoms with Gasteiger partial charge in [0.05, 0.1) is 24.6 Å². The zero-order valence-corrected chi connectivity index (χ0v) is 17.9. The molecule has 1 saturated carbocycles. The maximum atomic E-state index is 12.7. The van der Waals surface area contributed by atoms with E-state index in [1.807, 2.05) is 23.6 Å². The van der Waals surface area contributed by atoms with Gasteiger partial charge in [0.15, 0.2) is 0 Å². The number of aryl methyl sites for hydroxylation is 1. The van der Waals surface area contributed by atoms with Gasteiger partial charge in [0.1, 0.15) is 23.3 Å². The van der Waals surface area contributed by atoms with Gasteiger partial charge in [-0.05, 0) is 49.7 Å². The Balaban J connectivity index is 1.14. The maximum absolute atomic E-state index is 12.7. The first-order chi connectivity index (χ1) is 15.6. The summed E-state index contributed by atoms with van der Waals surface area (Å²) >= 11 is 0. The van der Waals surface area contributed by atoms with Gasteiger partial charge < -0.3 is 14.8 Å². The number of rotatable bonds is 5. The van der Waals surface area contributed by atoms with Crippen LogP contribution in [0.2, 0.25) is 0 Å². The summed E-state index contributed by atoms with van der Waals surface area (Å²) < 4.78 is 1.82. The van der Waals surface area contributed by atoms with E-state index in [1.165, 1.54) is 12.0 Å². The number of imidazole rings is 1. The zero-order valence-electron chi connectivity index (χ0n) is 17.9. The first kappa shape index (κ1) is 19.0. The SMILES string of the molecule is Cc1[nH]nc2c1CCC2NC(=O)c1cn(Cc2ccc(N3CC4CC4C3)nc2C#N)cn1. The van der Waals surface area contributed by atoms with Crippen LogP contribution >= 0.6 is 0 Å². The Hall–Kier alpha value is -3.67. The molecule has 1 saturated heterocycles. The number of pyridine rings is 1. The second-order valence-corrected chi connectivity index (χ2v) is 9.16. The van der Waals surface area contributed by atoms with Crippen LogP contribution in [0.5, 0.6) is 0 Å². The molecule has 3 aromatic heterocycles. The van der Waals surface area contributed by atoms with Crippen LogP contribution in [0.15, 0.2) is 24.7 Å². The molecule has 2 aliphatic carbocycles. The van der Waals surface area contributed by atoms with E-state index in [-0.39, 0.29) is 11.9 Å². The summed E-state index contributed by atoms with van der Waals surface area (Å²) in [5.74, 6) is 2.28. The highest BCUT2D eigenvalue weighted by molar-refractivity contribution is 5.92. The molecule has 3 aliphatic rings. The highest BCUT2D eigenvalue weighted by Gasteiger charge is 2.45. The molecular weight excluding hydrogens is 404 g/mol. The third-order valence-electron chi connectivity index (χ3n) is 7.02. The number of fused-ring (bicyclic) bond motifs is 2. The van der Waals surface area contributed by atoms with Gasteiger partial charge in [-0.25, -0.2) is 9.97 Å². The van der Waals surface area contributed by atoms with Gasteiger partial charge in [-0.15, -0.1) is 0 Å². The van der Waals surface area contributed by atoms with Crippen molar-refractivity contribution < 1.29 is 4.79 Å². The molecule has 2 N–H and O–H groups in total. The number of aromatic amines is 1. The Morgan fingerprint density at radius 3 is 3.00 bits per heavy atom. The van der Waals surface area contributed by atoms with E-state index in [0.29, 0.717) is 17.9 Å². The second-order valence-electron chi connectivity index (χ2n) is 9.16.